The SMILES string of the molecule is C#CCSCCn1ccc2c1CCCC2N. The molecule has 1 aromatic heterocycles. The first-order valence-corrected chi connectivity index (χ1v) is 6.93. The maximum absolute atomic E-state index is 6.09. The smallest absolute Gasteiger partial charge is 0.0545 e. The summed E-state index contributed by atoms with van der Waals surface area (Å²) in [6.07, 6.45) is 10.9. The van der Waals surface area contributed by atoms with Gasteiger partial charge in [-0.2, -0.15) is 0 Å². The number of hydrogen-bond acceptors (Lipinski definition) is 2. The number of nitrogens with two attached hydrogens (primary N) is 1. The Bertz CT molecular complexity index is 389. The fraction of sp³-hybridized carbons (Fsp3) is 0.538. The first-order chi connectivity index (χ1) is 7.83. The number of fused-ring (bicyclic) bond motifs is 1. The molecule has 86 valence electrons. The Labute approximate surface area is 102 Å². The van der Waals surface area contributed by atoms with E-state index in [-0.39, 0.29) is 6.04 Å². The van der Waals surface area contributed by atoms with E-state index in [1.165, 1.54) is 24.1 Å². The van der Waals surface area contributed by atoms with E-state index < -0.39 is 0 Å². The molecule has 0 amide bonds. The second-order valence-corrected chi connectivity index (χ2v) is 5.27. The van der Waals surface area contributed by atoms with Crippen LogP contribution < -0.4 is 5.73 Å². The molecule has 0 saturated heterocycles. The van der Waals surface area contributed by atoms with Crippen molar-refractivity contribution in [3.05, 3.63) is 23.5 Å². The van der Waals surface area contributed by atoms with Gasteiger partial charge in [-0.3, -0.25) is 0 Å². The van der Waals surface area contributed by atoms with E-state index in [4.69, 9.17) is 12.2 Å². The third-order valence-corrected chi connectivity index (χ3v) is 3.95. The number of rotatable bonds is 4. The number of aryl methyl sites for hydroxylation is 1. The van der Waals surface area contributed by atoms with Crippen molar-refractivity contribution >= 4 is 11.8 Å². The molecule has 0 saturated carbocycles. The lowest BCUT2D eigenvalue weighted by molar-refractivity contribution is 0.545. The van der Waals surface area contributed by atoms with Crippen molar-refractivity contribution in [3.63, 3.8) is 0 Å². The molecule has 0 aromatic carbocycles. The van der Waals surface area contributed by atoms with E-state index in [9.17, 15) is 0 Å². The molecule has 2 rings (SSSR count). The van der Waals surface area contributed by atoms with Gasteiger partial charge in [0.25, 0.3) is 0 Å². The van der Waals surface area contributed by atoms with Gasteiger partial charge in [0.05, 0.1) is 5.75 Å². The summed E-state index contributed by atoms with van der Waals surface area (Å²) in [4.78, 5) is 0. The lowest BCUT2D eigenvalue weighted by atomic mass is 9.94. The number of terminal acetylenes is 1. The average Bonchev–Trinajstić information content (AvgIpc) is 2.70. The molecule has 1 aliphatic carbocycles. The molecular weight excluding hydrogens is 216 g/mol. The number of hydrogen-bond donors (Lipinski definition) is 1. The molecule has 1 unspecified atom stereocenters. The molecule has 3 heteroatoms. The average molecular weight is 234 g/mol. The Morgan fingerprint density at radius 3 is 3.31 bits per heavy atom. The van der Waals surface area contributed by atoms with Crippen LogP contribution in [0.1, 0.15) is 30.1 Å². The second-order valence-electron chi connectivity index (χ2n) is 4.17. The maximum atomic E-state index is 6.09. The van der Waals surface area contributed by atoms with Crippen LogP contribution in [0.2, 0.25) is 0 Å². The van der Waals surface area contributed by atoms with Gasteiger partial charge in [-0.15, -0.1) is 18.2 Å². The number of aromatic nitrogens is 1. The minimum absolute atomic E-state index is 0.253. The Hall–Kier alpha value is -0.850. The first kappa shape index (κ1) is 11.6. The van der Waals surface area contributed by atoms with Gasteiger partial charge in [-0.25, -0.2) is 0 Å². The summed E-state index contributed by atoms with van der Waals surface area (Å²) in [5, 5.41) is 0. The van der Waals surface area contributed by atoms with Gasteiger partial charge >= 0.3 is 0 Å². The molecule has 2 nitrogen and oxygen atoms in total. The largest absolute Gasteiger partial charge is 0.350 e. The van der Waals surface area contributed by atoms with Crippen molar-refractivity contribution in [1.29, 1.82) is 0 Å². The summed E-state index contributed by atoms with van der Waals surface area (Å²) in [5.74, 6) is 4.54. The monoisotopic (exact) mass is 234 g/mol. The van der Waals surface area contributed by atoms with E-state index >= 15 is 0 Å². The Kier molecular flexibility index (Phi) is 3.98. The van der Waals surface area contributed by atoms with E-state index in [0.717, 1.165) is 24.5 Å². The van der Waals surface area contributed by atoms with Gasteiger partial charge in [0, 0.05) is 30.2 Å². The summed E-state index contributed by atoms with van der Waals surface area (Å²) in [7, 11) is 0. The van der Waals surface area contributed by atoms with Crippen molar-refractivity contribution < 1.29 is 0 Å². The summed E-state index contributed by atoms with van der Waals surface area (Å²) >= 11 is 1.81. The zero-order valence-corrected chi connectivity index (χ0v) is 10.3. The van der Waals surface area contributed by atoms with Gasteiger partial charge in [0.1, 0.15) is 0 Å². The van der Waals surface area contributed by atoms with Crippen LogP contribution in [0.5, 0.6) is 0 Å². The van der Waals surface area contributed by atoms with Crippen LogP contribution in [-0.4, -0.2) is 16.1 Å². The minimum Gasteiger partial charge on any atom is -0.350 e. The molecule has 1 aromatic rings. The third-order valence-electron chi connectivity index (χ3n) is 3.10. The molecule has 16 heavy (non-hydrogen) atoms. The molecule has 1 aliphatic rings. The van der Waals surface area contributed by atoms with Crippen LogP contribution >= 0.6 is 11.8 Å². The normalized spacial score (nSPS) is 19.1. The molecule has 0 fully saturated rings. The van der Waals surface area contributed by atoms with Crippen molar-refractivity contribution in [2.24, 2.45) is 5.73 Å². The minimum atomic E-state index is 0.253. The summed E-state index contributed by atoms with van der Waals surface area (Å²) in [6, 6.07) is 2.44. The van der Waals surface area contributed by atoms with Crippen molar-refractivity contribution in [2.75, 3.05) is 11.5 Å². The third kappa shape index (κ3) is 2.45. The van der Waals surface area contributed by atoms with Gasteiger partial charge < -0.3 is 10.3 Å². The number of nitrogens with zero attached hydrogens (tertiary/aromatic N) is 1. The summed E-state index contributed by atoms with van der Waals surface area (Å²) < 4.78 is 2.35. The predicted octanol–water partition coefficient (Wildman–Crippen LogP) is 2.19. The van der Waals surface area contributed by atoms with Crippen LogP contribution in [0.25, 0.3) is 0 Å². The second kappa shape index (κ2) is 5.47. The van der Waals surface area contributed by atoms with E-state index in [1.54, 1.807) is 0 Å². The topological polar surface area (TPSA) is 30.9 Å². The zero-order chi connectivity index (χ0) is 11.4. The maximum Gasteiger partial charge on any atom is 0.0545 e. The Morgan fingerprint density at radius 2 is 2.50 bits per heavy atom. The molecule has 1 heterocycles. The van der Waals surface area contributed by atoms with Crippen molar-refractivity contribution in [2.45, 2.75) is 31.8 Å². The fourth-order valence-electron chi connectivity index (χ4n) is 2.30. The molecular formula is C13H18N2S. The van der Waals surface area contributed by atoms with Crippen LogP contribution in [0.3, 0.4) is 0 Å². The predicted molar refractivity (Wildman–Crippen MR) is 70.5 cm³/mol. The summed E-state index contributed by atoms with van der Waals surface area (Å²) in [5.41, 5.74) is 8.89. The van der Waals surface area contributed by atoms with Crippen molar-refractivity contribution in [3.8, 4) is 12.3 Å². The lowest BCUT2D eigenvalue weighted by Crippen LogP contribution is -2.18. The molecule has 2 N–H and O–H groups in total. The van der Waals surface area contributed by atoms with E-state index in [2.05, 4.69) is 22.8 Å². The van der Waals surface area contributed by atoms with E-state index in [1.807, 2.05) is 11.8 Å². The van der Waals surface area contributed by atoms with Crippen LogP contribution in [-0.2, 0) is 13.0 Å². The highest BCUT2D eigenvalue weighted by Gasteiger charge is 2.19. The van der Waals surface area contributed by atoms with Crippen LogP contribution in [0, 0.1) is 12.3 Å². The highest BCUT2D eigenvalue weighted by atomic mass is 32.2. The van der Waals surface area contributed by atoms with E-state index in [0.29, 0.717) is 0 Å². The van der Waals surface area contributed by atoms with Gasteiger partial charge in [0.15, 0.2) is 0 Å². The van der Waals surface area contributed by atoms with Gasteiger partial charge in [-0.05, 0) is 30.9 Å². The van der Waals surface area contributed by atoms with Crippen LogP contribution in [0.15, 0.2) is 12.3 Å². The zero-order valence-electron chi connectivity index (χ0n) is 9.48. The Balaban J connectivity index is 1.98. The molecule has 1 atom stereocenters. The molecule has 0 bridgehead atoms. The van der Waals surface area contributed by atoms with Gasteiger partial charge in [-0.1, -0.05) is 5.92 Å². The highest BCUT2D eigenvalue weighted by molar-refractivity contribution is 7.99. The molecule has 0 aliphatic heterocycles. The first-order valence-electron chi connectivity index (χ1n) is 5.77. The van der Waals surface area contributed by atoms with Crippen LogP contribution in [0.4, 0.5) is 0 Å². The fourth-order valence-corrected chi connectivity index (χ4v) is 2.88. The highest BCUT2D eigenvalue weighted by Crippen LogP contribution is 2.28. The molecule has 0 spiro atoms. The number of thioether (sulfide) groups is 1. The van der Waals surface area contributed by atoms with Crippen molar-refractivity contribution in [1.82, 2.24) is 4.57 Å². The quantitative estimate of drug-likeness (QED) is 0.639. The standard InChI is InChI=1S/C13H18N2S/c1-2-9-16-10-8-15-7-6-11-12(14)4-3-5-13(11)15/h1,6-7,12H,3-5,8-10,14H2. The van der Waals surface area contributed by atoms with Gasteiger partial charge in [0.2, 0.25) is 0 Å². The summed E-state index contributed by atoms with van der Waals surface area (Å²) in [6.45, 7) is 1.05. The molecule has 0 radical (unpaired) electrons. The lowest BCUT2D eigenvalue weighted by Gasteiger charge is -2.20. The Morgan fingerprint density at radius 1 is 1.62 bits per heavy atom.